The van der Waals surface area contributed by atoms with E-state index in [1.54, 1.807) is 20.8 Å². The molecule has 0 aromatic carbocycles. The number of ether oxygens (including phenoxy) is 2. The molecule has 1 aliphatic carbocycles. The molecule has 0 unspecified atom stereocenters. The van der Waals surface area contributed by atoms with Crippen LogP contribution >= 0.6 is 0 Å². The van der Waals surface area contributed by atoms with Crippen molar-refractivity contribution in [3.05, 3.63) is 11.3 Å². The molecule has 0 saturated heterocycles. The van der Waals surface area contributed by atoms with Crippen LogP contribution in [0.3, 0.4) is 0 Å². The van der Waals surface area contributed by atoms with E-state index in [0.29, 0.717) is 5.88 Å². The number of aromatic nitrogens is 1. The summed E-state index contributed by atoms with van der Waals surface area (Å²) in [7, 11) is 0. The number of carbonyl (C=O) groups is 1. The molecule has 1 atom stereocenters. The van der Waals surface area contributed by atoms with Gasteiger partial charge in [-0.05, 0) is 38.8 Å². The van der Waals surface area contributed by atoms with Crippen molar-refractivity contribution in [2.24, 2.45) is 11.1 Å². The molecule has 0 amide bonds. The highest BCUT2D eigenvalue weighted by atomic mass is 16.8. The zero-order valence-electron chi connectivity index (χ0n) is 11.6. The minimum atomic E-state index is -0.553. The maximum absolute atomic E-state index is 11.6. The van der Waals surface area contributed by atoms with Gasteiger partial charge < -0.3 is 19.7 Å². The van der Waals surface area contributed by atoms with E-state index in [9.17, 15) is 4.79 Å². The minimum absolute atomic E-state index is 0.122. The topological polar surface area (TPSA) is 87.6 Å². The van der Waals surface area contributed by atoms with Crippen molar-refractivity contribution in [3.63, 3.8) is 0 Å². The quantitative estimate of drug-likeness (QED) is 0.667. The van der Waals surface area contributed by atoms with E-state index in [1.165, 1.54) is 0 Å². The Morgan fingerprint density at radius 2 is 2.32 bits per heavy atom. The molecule has 0 saturated carbocycles. The predicted octanol–water partition coefficient (Wildman–Crippen LogP) is 1.94. The fourth-order valence-corrected chi connectivity index (χ4v) is 1.95. The third-order valence-corrected chi connectivity index (χ3v) is 3.06. The lowest BCUT2D eigenvalue weighted by molar-refractivity contribution is -0.159. The molecule has 1 aromatic rings. The third-order valence-electron chi connectivity index (χ3n) is 3.06. The van der Waals surface area contributed by atoms with Gasteiger partial charge in [0.05, 0.1) is 11.0 Å². The molecule has 2 N–H and O–H groups in total. The van der Waals surface area contributed by atoms with Crippen LogP contribution in [0, 0.1) is 5.41 Å². The lowest BCUT2D eigenvalue weighted by Crippen LogP contribution is -2.25. The van der Waals surface area contributed by atoms with Gasteiger partial charge >= 0.3 is 5.97 Å². The maximum Gasteiger partial charge on any atom is 0.314 e. The van der Waals surface area contributed by atoms with Gasteiger partial charge in [-0.3, -0.25) is 4.79 Å². The van der Waals surface area contributed by atoms with E-state index < -0.39 is 5.41 Å². The number of aryl methyl sites for hydroxylation is 1. The lowest BCUT2D eigenvalue weighted by atomic mass is 9.98. The van der Waals surface area contributed by atoms with Crippen molar-refractivity contribution >= 4 is 5.97 Å². The molecular formula is C13H20N2O4. The third kappa shape index (κ3) is 3.07. The SMILES string of the molecule is CC(C)(C)C(=O)OCO[14c]1noc2c1[C@H](N)CCC2. The molecule has 19 heavy (non-hydrogen) atoms. The zero-order valence-corrected chi connectivity index (χ0v) is 11.6. The molecule has 0 aliphatic heterocycles. The van der Waals surface area contributed by atoms with Crippen molar-refractivity contribution in [1.82, 2.24) is 5.16 Å². The van der Waals surface area contributed by atoms with E-state index in [2.05, 4.69) is 5.16 Å². The van der Waals surface area contributed by atoms with Crippen LogP contribution in [0.25, 0.3) is 0 Å². The molecule has 0 bridgehead atoms. The second-order valence-electron chi connectivity index (χ2n) is 5.77. The Morgan fingerprint density at radius 1 is 1.58 bits per heavy atom. The number of carbonyl (C=O) groups excluding carboxylic acids is 1. The van der Waals surface area contributed by atoms with Gasteiger partial charge in [0.25, 0.3) is 5.88 Å². The summed E-state index contributed by atoms with van der Waals surface area (Å²) in [4.78, 5) is 11.6. The van der Waals surface area contributed by atoms with Gasteiger partial charge in [0, 0.05) is 12.5 Å². The van der Waals surface area contributed by atoms with Gasteiger partial charge in [-0.1, -0.05) is 0 Å². The van der Waals surface area contributed by atoms with Crippen molar-refractivity contribution in [3.8, 4) is 5.88 Å². The number of hydrogen-bond donors (Lipinski definition) is 1. The first-order valence-electron chi connectivity index (χ1n) is 6.43. The number of rotatable bonds is 3. The number of nitrogens with zero attached hydrogens (tertiary/aromatic N) is 1. The largest absolute Gasteiger partial charge is 0.437 e. The normalized spacial score (nSPS) is 18.8. The fraction of sp³-hybridized carbons (Fsp3) is 0.692. The van der Waals surface area contributed by atoms with Crippen LogP contribution < -0.4 is 10.5 Å². The average Bonchev–Trinajstić information content (AvgIpc) is 2.72. The van der Waals surface area contributed by atoms with Crippen LogP contribution in [-0.2, 0) is 16.0 Å². The second-order valence-corrected chi connectivity index (χ2v) is 5.77. The van der Waals surface area contributed by atoms with Gasteiger partial charge in [0.15, 0.2) is 0 Å². The van der Waals surface area contributed by atoms with Crippen LogP contribution in [0.15, 0.2) is 4.52 Å². The van der Waals surface area contributed by atoms with Gasteiger partial charge in [-0.15, -0.1) is 0 Å². The summed E-state index contributed by atoms with van der Waals surface area (Å²) in [6.07, 6.45) is 2.69. The Balaban J connectivity index is 1.94. The van der Waals surface area contributed by atoms with Crippen molar-refractivity contribution in [2.75, 3.05) is 6.79 Å². The monoisotopic (exact) mass is 270 g/mol. The van der Waals surface area contributed by atoms with Gasteiger partial charge in [0.2, 0.25) is 6.79 Å². The second kappa shape index (κ2) is 5.21. The summed E-state index contributed by atoms with van der Waals surface area (Å²) in [5.74, 6) is 0.786. The summed E-state index contributed by atoms with van der Waals surface area (Å²) in [5.41, 5.74) is 6.26. The number of fused-ring (bicyclic) bond motifs is 1. The molecule has 2 rings (SSSR count). The highest BCUT2D eigenvalue weighted by molar-refractivity contribution is 5.75. The number of esters is 1. The lowest BCUT2D eigenvalue weighted by Gasteiger charge is -2.18. The standard InChI is InChI=1S/C13H20N2O4/c1-13(2,3)12(16)18-7-17-11-10-8(14)5-4-6-9(10)19-15-11/h8H,4-7,14H2,1-3H3/t8-/m1/s1/i11+2. The highest BCUT2D eigenvalue weighted by Crippen LogP contribution is 2.34. The molecule has 1 aromatic heterocycles. The molecular weight excluding hydrogens is 250 g/mol. The van der Waals surface area contributed by atoms with Crippen LogP contribution in [0.4, 0.5) is 0 Å². The van der Waals surface area contributed by atoms with E-state index in [4.69, 9.17) is 19.7 Å². The molecule has 0 radical (unpaired) electrons. The molecule has 1 heterocycles. The van der Waals surface area contributed by atoms with Crippen molar-refractivity contribution in [1.29, 1.82) is 0 Å². The first-order valence-corrected chi connectivity index (χ1v) is 6.43. The fourth-order valence-electron chi connectivity index (χ4n) is 1.95. The molecule has 1 aliphatic rings. The molecule has 6 heteroatoms. The Morgan fingerprint density at radius 3 is 3.00 bits per heavy atom. The van der Waals surface area contributed by atoms with E-state index in [-0.39, 0.29) is 18.8 Å². The Hall–Kier alpha value is -1.56. The Kier molecular flexibility index (Phi) is 3.80. The van der Waals surface area contributed by atoms with Crippen molar-refractivity contribution in [2.45, 2.75) is 46.1 Å². The average molecular weight is 270 g/mol. The van der Waals surface area contributed by atoms with Crippen LogP contribution in [0.1, 0.15) is 51.0 Å². The smallest absolute Gasteiger partial charge is 0.314 e. The first-order chi connectivity index (χ1) is 8.89. The molecule has 106 valence electrons. The van der Waals surface area contributed by atoms with E-state index in [1.807, 2.05) is 0 Å². The first kappa shape index (κ1) is 13.9. The van der Waals surface area contributed by atoms with E-state index in [0.717, 1.165) is 30.6 Å². The molecule has 0 fully saturated rings. The zero-order chi connectivity index (χ0) is 14.0. The van der Waals surface area contributed by atoms with Gasteiger partial charge in [0.1, 0.15) is 5.76 Å². The summed E-state index contributed by atoms with van der Waals surface area (Å²) in [6.45, 7) is 5.16. The molecule has 6 nitrogen and oxygen atoms in total. The van der Waals surface area contributed by atoms with Crippen LogP contribution in [0.5, 0.6) is 5.88 Å². The van der Waals surface area contributed by atoms with Gasteiger partial charge in [-0.2, -0.15) is 0 Å². The van der Waals surface area contributed by atoms with E-state index >= 15 is 0 Å². The summed E-state index contributed by atoms with van der Waals surface area (Å²) in [6, 6.07) is -0.122. The molecule has 0 spiro atoms. The Bertz CT molecular complexity index is 462. The van der Waals surface area contributed by atoms with Gasteiger partial charge in [-0.25, -0.2) is 0 Å². The highest BCUT2D eigenvalue weighted by Gasteiger charge is 2.28. The predicted molar refractivity (Wildman–Crippen MR) is 67.4 cm³/mol. The van der Waals surface area contributed by atoms with Crippen LogP contribution in [0.2, 0.25) is 0 Å². The summed E-state index contributed by atoms with van der Waals surface area (Å²) in [5, 5.41) is 3.84. The summed E-state index contributed by atoms with van der Waals surface area (Å²) < 4.78 is 15.6. The number of nitrogens with two attached hydrogens (primary N) is 1. The number of hydrogen-bond acceptors (Lipinski definition) is 6. The Labute approximate surface area is 112 Å². The van der Waals surface area contributed by atoms with Crippen molar-refractivity contribution < 1.29 is 18.8 Å². The van der Waals surface area contributed by atoms with Crippen LogP contribution in [-0.4, -0.2) is 17.9 Å². The summed E-state index contributed by atoms with van der Waals surface area (Å²) >= 11 is 0. The maximum atomic E-state index is 11.6. The minimum Gasteiger partial charge on any atom is -0.437 e.